The van der Waals surface area contributed by atoms with Gasteiger partial charge < -0.3 is 16.0 Å². The number of aromatic amines is 1. The first-order chi connectivity index (χ1) is 9.78. The molecule has 0 spiro atoms. The zero-order valence-electron chi connectivity index (χ0n) is 10.9. The third-order valence-corrected chi connectivity index (χ3v) is 3.51. The number of nitrogens with two attached hydrogens (primary N) is 1. The first kappa shape index (κ1) is 11.3. The van der Waals surface area contributed by atoms with Gasteiger partial charge in [0.25, 0.3) is 0 Å². The lowest BCUT2D eigenvalue weighted by atomic mass is 10.1. The number of anilines is 2. The fraction of sp³-hybridized carbons (Fsp3) is 0.200. The van der Waals surface area contributed by atoms with Crippen molar-refractivity contribution < 1.29 is 0 Å². The zero-order chi connectivity index (χ0) is 13.5. The topological polar surface area (TPSA) is 79.6 Å². The maximum atomic E-state index is 5.89. The molecule has 4 rings (SSSR count). The molecule has 100 valence electrons. The molecule has 0 bridgehead atoms. The Morgan fingerprint density at radius 1 is 1.15 bits per heavy atom. The lowest BCUT2D eigenvalue weighted by molar-refractivity contribution is 1.06. The fourth-order valence-electron chi connectivity index (χ4n) is 2.30. The predicted octanol–water partition coefficient (Wildman–Crippen LogP) is 2.78. The van der Waals surface area contributed by atoms with Crippen molar-refractivity contribution in [2.24, 2.45) is 0 Å². The number of fused-ring (bicyclic) bond motifs is 1. The number of nitrogen functional groups attached to an aromatic ring is 1. The van der Waals surface area contributed by atoms with Crippen LogP contribution >= 0.6 is 0 Å². The van der Waals surface area contributed by atoms with Gasteiger partial charge in [0.1, 0.15) is 5.82 Å². The van der Waals surface area contributed by atoms with E-state index in [9.17, 15) is 0 Å². The Labute approximate surface area is 116 Å². The Morgan fingerprint density at radius 3 is 2.90 bits per heavy atom. The highest BCUT2D eigenvalue weighted by Gasteiger charge is 2.22. The van der Waals surface area contributed by atoms with Gasteiger partial charge >= 0.3 is 0 Å². The van der Waals surface area contributed by atoms with Crippen LogP contribution in [0.25, 0.3) is 22.2 Å². The van der Waals surface area contributed by atoms with Gasteiger partial charge in [-0.2, -0.15) is 4.98 Å². The van der Waals surface area contributed by atoms with Gasteiger partial charge in [-0.1, -0.05) is 6.07 Å². The lowest BCUT2D eigenvalue weighted by Crippen LogP contribution is -2.07. The standard InChI is InChI=1S/C15H15N5/c16-14-8-13(19-15(20-14)18-11-2-3-11)9-1-4-12-10(7-9)5-6-17-12/h1,4-8,11,17H,2-3H2,(H3,16,18,19,20). The molecule has 1 saturated carbocycles. The Kier molecular flexibility index (Phi) is 2.39. The highest BCUT2D eigenvalue weighted by Crippen LogP contribution is 2.27. The number of aromatic nitrogens is 3. The molecular formula is C15H15N5. The summed E-state index contributed by atoms with van der Waals surface area (Å²) in [4.78, 5) is 12.0. The van der Waals surface area contributed by atoms with E-state index in [0.717, 1.165) is 22.2 Å². The average Bonchev–Trinajstić information content (AvgIpc) is 3.12. The van der Waals surface area contributed by atoms with Crippen LogP contribution in [-0.4, -0.2) is 21.0 Å². The van der Waals surface area contributed by atoms with Gasteiger partial charge in [0.05, 0.1) is 5.69 Å². The summed E-state index contributed by atoms with van der Waals surface area (Å²) in [6.07, 6.45) is 4.30. The number of nitrogens with zero attached hydrogens (tertiary/aromatic N) is 2. The number of hydrogen-bond acceptors (Lipinski definition) is 4. The first-order valence-corrected chi connectivity index (χ1v) is 6.76. The molecule has 5 heteroatoms. The molecule has 0 saturated heterocycles. The maximum Gasteiger partial charge on any atom is 0.225 e. The molecule has 3 aromatic rings. The molecule has 2 heterocycles. The molecule has 2 aromatic heterocycles. The normalized spacial score (nSPS) is 14.6. The molecule has 1 aliphatic carbocycles. The van der Waals surface area contributed by atoms with E-state index in [1.54, 1.807) is 0 Å². The highest BCUT2D eigenvalue weighted by atomic mass is 15.1. The molecule has 0 radical (unpaired) electrons. The van der Waals surface area contributed by atoms with Crippen molar-refractivity contribution >= 4 is 22.7 Å². The van der Waals surface area contributed by atoms with Crippen LogP contribution in [0.2, 0.25) is 0 Å². The second-order valence-corrected chi connectivity index (χ2v) is 5.20. The Morgan fingerprint density at radius 2 is 2.05 bits per heavy atom. The Balaban J connectivity index is 1.77. The van der Waals surface area contributed by atoms with Crippen molar-refractivity contribution in [2.75, 3.05) is 11.1 Å². The minimum atomic E-state index is 0.493. The monoisotopic (exact) mass is 265 g/mol. The number of nitrogens with one attached hydrogen (secondary N) is 2. The van der Waals surface area contributed by atoms with Crippen molar-refractivity contribution in [1.29, 1.82) is 0 Å². The summed E-state index contributed by atoms with van der Waals surface area (Å²) in [6, 6.07) is 10.6. The van der Waals surface area contributed by atoms with Crippen LogP contribution in [0.1, 0.15) is 12.8 Å². The van der Waals surface area contributed by atoms with Crippen molar-refractivity contribution in [2.45, 2.75) is 18.9 Å². The van der Waals surface area contributed by atoms with Crippen LogP contribution in [0.15, 0.2) is 36.5 Å². The first-order valence-electron chi connectivity index (χ1n) is 6.76. The molecule has 1 aliphatic rings. The second kappa shape index (κ2) is 4.23. The average molecular weight is 265 g/mol. The van der Waals surface area contributed by atoms with E-state index in [4.69, 9.17) is 5.73 Å². The minimum Gasteiger partial charge on any atom is -0.384 e. The lowest BCUT2D eigenvalue weighted by Gasteiger charge is -2.07. The Bertz CT molecular complexity index is 773. The van der Waals surface area contributed by atoms with E-state index in [1.165, 1.54) is 12.8 Å². The van der Waals surface area contributed by atoms with E-state index in [1.807, 2.05) is 24.4 Å². The van der Waals surface area contributed by atoms with Crippen molar-refractivity contribution in [3.05, 3.63) is 36.5 Å². The van der Waals surface area contributed by atoms with Gasteiger partial charge in [0, 0.05) is 34.8 Å². The molecular weight excluding hydrogens is 250 g/mol. The molecule has 1 fully saturated rings. The molecule has 0 atom stereocenters. The number of rotatable bonds is 3. The van der Waals surface area contributed by atoms with E-state index >= 15 is 0 Å². The van der Waals surface area contributed by atoms with E-state index in [-0.39, 0.29) is 0 Å². The van der Waals surface area contributed by atoms with Gasteiger partial charge in [-0.3, -0.25) is 0 Å². The number of H-pyrrole nitrogens is 1. The van der Waals surface area contributed by atoms with Crippen LogP contribution in [-0.2, 0) is 0 Å². The second-order valence-electron chi connectivity index (χ2n) is 5.20. The van der Waals surface area contributed by atoms with Gasteiger partial charge in [-0.15, -0.1) is 0 Å². The van der Waals surface area contributed by atoms with Gasteiger partial charge in [-0.05, 0) is 31.0 Å². The van der Waals surface area contributed by atoms with E-state index in [2.05, 4.69) is 32.4 Å². The smallest absolute Gasteiger partial charge is 0.225 e. The molecule has 4 N–H and O–H groups in total. The molecule has 0 aliphatic heterocycles. The van der Waals surface area contributed by atoms with Crippen LogP contribution in [0.4, 0.5) is 11.8 Å². The van der Waals surface area contributed by atoms with E-state index < -0.39 is 0 Å². The van der Waals surface area contributed by atoms with Gasteiger partial charge in [0.2, 0.25) is 5.95 Å². The molecule has 1 aromatic carbocycles. The zero-order valence-corrected chi connectivity index (χ0v) is 10.9. The highest BCUT2D eigenvalue weighted by molar-refractivity contribution is 5.84. The SMILES string of the molecule is Nc1cc(-c2ccc3[nH]ccc3c2)nc(NC2CC2)n1. The Hall–Kier alpha value is -2.56. The summed E-state index contributed by atoms with van der Waals surface area (Å²) in [6.45, 7) is 0. The molecule has 20 heavy (non-hydrogen) atoms. The number of hydrogen-bond donors (Lipinski definition) is 3. The summed E-state index contributed by atoms with van der Waals surface area (Å²) in [5, 5.41) is 4.45. The summed E-state index contributed by atoms with van der Waals surface area (Å²) < 4.78 is 0. The van der Waals surface area contributed by atoms with E-state index in [0.29, 0.717) is 17.8 Å². The van der Waals surface area contributed by atoms with Gasteiger partial charge in [-0.25, -0.2) is 4.98 Å². The van der Waals surface area contributed by atoms with Crippen molar-refractivity contribution in [3.63, 3.8) is 0 Å². The van der Waals surface area contributed by atoms with Crippen LogP contribution in [0, 0.1) is 0 Å². The minimum absolute atomic E-state index is 0.493. The summed E-state index contributed by atoms with van der Waals surface area (Å²) in [5.41, 5.74) is 8.90. The third-order valence-electron chi connectivity index (χ3n) is 3.51. The predicted molar refractivity (Wildman–Crippen MR) is 80.4 cm³/mol. The third kappa shape index (κ3) is 2.07. The largest absolute Gasteiger partial charge is 0.384 e. The molecule has 0 unspecified atom stereocenters. The van der Waals surface area contributed by atoms with Crippen LogP contribution in [0.5, 0.6) is 0 Å². The summed E-state index contributed by atoms with van der Waals surface area (Å²) in [5.74, 6) is 1.11. The van der Waals surface area contributed by atoms with Gasteiger partial charge in [0.15, 0.2) is 0 Å². The fourth-order valence-corrected chi connectivity index (χ4v) is 2.30. The van der Waals surface area contributed by atoms with Crippen molar-refractivity contribution in [1.82, 2.24) is 15.0 Å². The number of benzene rings is 1. The van der Waals surface area contributed by atoms with Crippen molar-refractivity contribution in [3.8, 4) is 11.3 Å². The summed E-state index contributed by atoms with van der Waals surface area (Å²) >= 11 is 0. The van der Waals surface area contributed by atoms with Crippen LogP contribution in [0.3, 0.4) is 0 Å². The maximum absolute atomic E-state index is 5.89. The van der Waals surface area contributed by atoms with Crippen LogP contribution < -0.4 is 11.1 Å². The quantitative estimate of drug-likeness (QED) is 0.680. The summed E-state index contributed by atoms with van der Waals surface area (Å²) in [7, 11) is 0. The molecule has 0 amide bonds. The molecule has 5 nitrogen and oxygen atoms in total.